The molecule has 21 heavy (non-hydrogen) atoms. The number of ether oxygens (including phenoxy) is 1. The number of methoxy groups -OCH3 is 1. The Morgan fingerprint density at radius 3 is 2.62 bits per heavy atom. The Labute approximate surface area is 133 Å². The minimum absolute atomic E-state index is 0.506. The molecule has 0 aliphatic carbocycles. The highest BCUT2D eigenvalue weighted by molar-refractivity contribution is 6.36. The van der Waals surface area contributed by atoms with Gasteiger partial charge in [-0.25, -0.2) is 9.97 Å². The summed E-state index contributed by atoms with van der Waals surface area (Å²) in [5.41, 5.74) is 0.694. The summed E-state index contributed by atoms with van der Waals surface area (Å²) >= 11 is 12.0. The van der Waals surface area contributed by atoms with E-state index >= 15 is 0 Å². The van der Waals surface area contributed by atoms with Gasteiger partial charge in [0.05, 0.1) is 17.8 Å². The monoisotopic (exact) mass is 326 g/mol. The number of hydrogen-bond donors (Lipinski definition) is 2. The zero-order chi connectivity index (χ0) is 15.2. The van der Waals surface area contributed by atoms with Crippen molar-refractivity contribution in [2.45, 2.75) is 13.3 Å². The average Bonchev–Trinajstić information content (AvgIpc) is 2.48. The van der Waals surface area contributed by atoms with Crippen molar-refractivity contribution in [3.8, 4) is 5.75 Å². The van der Waals surface area contributed by atoms with Gasteiger partial charge in [-0.1, -0.05) is 30.1 Å². The highest BCUT2D eigenvalue weighted by Gasteiger charge is 2.13. The fraction of sp³-hybridized carbons (Fsp3) is 0.286. The molecule has 1 aromatic heterocycles. The maximum Gasteiger partial charge on any atom is 0.204 e. The van der Waals surface area contributed by atoms with Gasteiger partial charge in [-0.3, -0.25) is 0 Å². The van der Waals surface area contributed by atoms with Crippen LogP contribution >= 0.6 is 23.2 Å². The summed E-state index contributed by atoms with van der Waals surface area (Å²) in [6, 6.07) is 5.19. The van der Waals surface area contributed by atoms with Crippen molar-refractivity contribution in [3.05, 3.63) is 34.6 Å². The molecule has 0 bridgehead atoms. The first kappa shape index (κ1) is 15.7. The molecule has 112 valence electrons. The molecular weight excluding hydrogens is 311 g/mol. The maximum atomic E-state index is 6.15. The minimum atomic E-state index is 0.506. The summed E-state index contributed by atoms with van der Waals surface area (Å²) in [4.78, 5) is 8.38. The summed E-state index contributed by atoms with van der Waals surface area (Å²) < 4.78 is 5.39. The van der Waals surface area contributed by atoms with Gasteiger partial charge in [0.25, 0.3) is 0 Å². The molecule has 0 radical (unpaired) electrons. The number of benzene rings is 1. The van der Waals surface area contributed by atoms with Gasteiger partial charge < -0.3 is 15.4 Å². The van der Waals surface area contributed by atoms with Crippen molar-refractivity contribution in [3.63, 3.8) is 0 Å². The highest BCUT2D eigenvalue weighted by atomic mass is 35.5. The molecular formula is C14H16Cl2N4O. The SMILES string of the molecule is CCCNc1ncnc(Nc2ccc(Cl)cc2Cl)c1OC. The smallest absolute Gasteiger partial charge is 0.204 e. The van der Waals surface area contributed by atoms with Crippen LogP contribution in [0.15, 0.2) is 24.5 Å². The molecule has 2 aromatic rings. The van der Waals surface area contributed by atoms with Crippen LogP contribution in [0, 0.1) is 0 Å². The average molecular weight is 327 g/mol. The number of aromatic nitrogens is 2. The molecule has 2 N–H and O–H groups in total. The molecule has 0 fully saturated rings. The summed E-state index contributed by atoms with van der Waals surface area (Å²) in [5.74, 6) is 1.72. The van der Waals surface area contributed by atoms with Crippen LogP contribution in [0.3, 0.4) is 0 Å². The van der Waals surface area contributed by atoms with E-state index in [0.717, 1.165) is 13.0 Å². The van der Waals surface area contributed by atoms with Crippen LogP contribution in [-0.4, -0.2) is 23.6 Å². The number of nitrogens with one attached hydrogen (secondary N) is 2. The second kappa shape index (κ2) is 7.33. The van der Waals surface area contributed by atoms with Gasteiger partial charge >= 0.3 is 0 Å². The lowest BCUT2D eigenvalue weighted by atomic mass is 10.3. The highest BCUT2D eigenvalue weighted by Crippen LogP contribution is 2.34. The van der Waals surface area contributed by atoms with Crippen LogP contribution < -0.4 is 15.4 Å². The first-order valence-corrected chi connectivity index (χ1v) is 7.26. The normalized spacial score (nSPS) is 10.3. The molecule has 0 aliphatic rings. The van der Waals surface area contributed by atoms with Gasteiger partial charge in [-0.05, 0) is 24.6 Å². The largest absolute Gasteiger partial charge is 0.490 e. The van der Waals surface area contributed by atoms with Gasteiger partial charge in [0.15, 0.2) is 11.6 Å². The second-order valence-electron chi connectivity index (χ2n) is 4.28. The van der Waals surface area contributed by atoms with Crippen LogP contribution in [0.5, 0.6) is 5.75 Å². The Balaban J connectivity index is 2.30. The standard InChI is InChI=1S/C14H16Cl2N4O/c1-3-6-17-13-12(21-2)14(19-8-18-13)20-11-5-4-9(15)7-10(11)16/h4-5,7-8H,3,6H2,1-2H3,(H2,17,18,19,20). The van der Waals surface area contributed by atoms with Crippen LogP contribution in [-0.2, 0) is 0 Å². The molecule has 0 atom stereocenters. The lowest BCUT2D eigenvalue weighted by Gasteiger charge is -2.14. The van der Waals surface area contributed by atoms with Gasteiger partial charge in [0, 0.05) is 11.6 Å². The third kappa shape index (κ3) is 3.89. The second-order valence-corrected chi connectivity index (χ2v) is 5.12. The van der Waals surface area contributed by atoms with Crippen molar-refractivity contribution in [1.82, 2.24) is 9.97 Å². The minimum Gasteiger partial charge on any atom is -0.490 e. The predicted molar refractivity (Wildman–Crippen MR) is 87.1 cm³/mol. The number of nitrogens with zero attached hydrogens (tertiary/aromatic N) is 2. The molecule has 5 nitrogen and oxygen atoms in total. The Kier molecular flexibility index (Phi) is 5.47. The van der Waals surface area contributed by atoms with E-state index < -0.39 is 0 Å². The van der Waals surface area contributed by atoms with E-state index in [9.17, 15) is 0 Å². The van der Waals surface area contributed by atoms with Gasteiger partial charge in [0.2, 0.25) is 5.75 Å². The van der Waals surface area contributed by atoms with E-state index in [4.69, 9.17) is 27.9 Å². The van der Waals surface area contributed by atoms with Crippen LogP contribution in [0.2, 0.25) is 10.0 Å². The first-order valence-electron chi connectivity index (χ1n) is 6.50. The molecule has 2 rings (SSSR count). The Morgan fingerprint density at radius 2 is 1.95 bits per heavy atom. The lowest BCUT2D eigenvalue weighted by Crippen LogP contribution is -2.07. The molecule has 0 aliphatic heterocycles. The van der Waals surface area contributed by atoms with E-state index in [1.54, 1.807) is 25.3 Å². The maximum absolute atomic E-state index is 6.15. The van der Waals surface area contributed by atoms with Crippen molar-refractivity contribution in [1.29, 1.82) is 0 Å². The zero-order valence-corrected chi connectivity index (χ0v) is 13.3. The molecule has 0 saturated heterocycles. The molecule has 0 amide bonds. The number of anilines is 3. The van der Waals surface area contributed by atoms with E-state index in [-0.39, 0.29) is 0 Å². The number of hydrogen-bond acceptors (Lipinski definition) is 5. The molecule has 0 saturated carbocycles. The third-order valence-corrected chi connectivity index (χ3v) is 3.28. The van der Waals surface area contributed by atoms with E-state index in [1.165, 1.54) is 6.33 Å². The number of halogens is 2. The van der Waals surface area contributed by atoms with E-state index in [1.807, 2.05) is 0 Å². The molecule has 0 unspecified atom stereocenters. The quantitative estimate of drug-likeness (QED) is 0.826. The fourth-order valence-electron chi connectivity index (χ4n) is 1.74. The lowest BCUT2D eigenvalue weighted by molar-refractivity contribution is 0.415. The molecule has 7 heteroatoms. The third-order valence-electron chi connectivity index (χ3n) is 2.73. The number of rotatable bonds is 6. The first-order chi connectivity index (χ1) is 10.2. The molecule has 1 aromatic carbocycles. The summed E-state index contributed by atoms with van der Waals surface area (Å²) in [5, 5.41) is 7.40. The summed E-state index contributed by atoms with van der Waals surface area (Å²) in [6.07, 6.45) is 2.45. The Morgan fingerprint density at radius 1 is 1.19 bits per heavy atom. The van der Waals surface area contributed by atoms with Gasteiger partial charge in [-0.15, -0.1) is 0 Å². The van der Waals surface area contributed by atoms with Crippen molar-refractivity contribution in [2.75, 3.05) is 24.3 Å². The van der Waals surface area contributed by atoms with Gasteiger partial charge in [-0.2, -0.15) is 0 Å². The topological polar surface area (TPSA) is 59.1 Å². The van der Waals surface area contributed by atoms with Crippen molar-refractivity contribution in [2.24, 2.45) is 0 Å². The predicted octanol–water partition coefficient (Wildman–Crippen LogP) is 4.36. The Hall–Kier alpha value is -1.72. The van der Waals surface area contributed by atoms with Crippen LogP contribution in [0.1, 0.15) is 13.3 Å². The van der Waals surface area contributed by atoms with E-state index in [0.29, 0.717) is 33.1 Å². The molecule has 0 spiro atoms. The summed E-state index contributed by atoms with van der Waals surface area (Å²) in [7, 11) is 1.57. The summed E-state index contributed by atoms with van der Waals surface area (Å²) in [6.45, 7) is 2.88. The zero-order valence-electron chi connectivity index (χ0n) is 11.8. The van der Waals surface area contributed by atoms with Crippen molar-refractivity contribution >= 4 is 40.5 Å². The Bertz CT molecular complexity index is 622. The van der Waals surface area contributed by atoms with Crippen molar-refractivity contribution < 1.29 is 4.74 Å². The van der Waals surface area contributed by atoms with Gasteiger partial charge in [0.1, 0.15) is 6.33 Å². The van der Waals surface area contributed by atoms with Crippen LogP contribution in [0.25, 0.3) is 0 Å². The molecule has 1 heterocycles. The van der Waals surface area contributed by atoms with Crippen LogP contribution in [0.4, 0.5) is 17.3 Å². The fourth-order valence-corrected chi connectivity index (χ4v) is 2.20. The van der Waals surface area contributed by atoms with E-state index in [2.05, 4.69) is 27.5 Å².